The molecule has 2 aliphatic rings. The Bertz CT molecular complexity index is 1540. The molecule has 0 radical (unpaired) electrons. The summed E-state index contributed by atoms with van der Waals surface area (Å²) in [5.41, 5.74) is 1.10. The van der Waals surface area contributed by atoms with Crippen LogP contribution in [0.15, 0.2) is 36.4 Å². The Kier molecular flexibility index (Phi) is 12.5. The number of hydrogen-bond acceptors (Lipinski definition) is 9. The lowest BCUT2D eigenvalue weighted by Crippen LogP contribution is -2.52. The van der Waals surface area contributed by atoms with Gasteiger partial charge in [0.25, 0.3) is 0 Å². The molecular formula is C34H43N5O9. The minimum absolute atomic E-state index is 0.0440. The van der Waals surface area contributed by atoms with Crippen LogP contribution in [0.4, 0.5) is 0 Å². The molecule has 2 aromatic carbocycles. The molecule has 5 amide bonds. The monoisotopic (exact) mass is 665 g/mol. The average molecular weight is 666 g/mol. The number of rotatable bonds is 13. The third-order valence-electron chi connectivity index (χ3n) is 8.30. The highest BCUT2D eigenvalue weighted by molar-refractivity contribution is 5.96. The molecule has 14 nitrogen and oxygen atoms in total. The maximum atomic E-state index is 13.6. The van der Waals surface area contributed by atoms with Crippen molar-refractivity contribution in [3.05, 3.63) is 47.5 Å². The van der Waals surface area contributed by atoms with Crippen LogP contribution in [0.1, 0.15) is 62.6 Å². The first kappa shape index (κ1) is 35.9. The number of aromatic hydroxyl groups is 2. The number of nitrogens with zero attached hydrogens (tertiary/aromatic N) is 1. The minimum Gasteiger partial charge on any atom is -0.507 e. The SMILES string of the molecule is CCCCCCCC(=O)NCC(=O)N(C)C1C(=O)NCC(=O)NC(C(=O)NCC(=O)C2CO2)Cc2ccc(O)c(c2)-c2cc1ccc2O. The first-order valence-corrected chi connectivity index (χ1v) is 16.1. The van der Waals surface area contributed by atoms with Crippen molar-refractivity contribution in [1.82, 2.24) is 26.2 Å². The topological polar surface area (TPSA) is 207 Å². The van der Waals surface area contributed by atoms with Gasteiger partial charge in [-0.05, 0) is 41.8 Å². The number of fused-ring (bicyclic) bond motifs is 5. The van der Waals surface area contributed by atoms with Gasteiger partial charge in [0.05, 0.1) is 26.2 Å². The molecule has 4 rings (SSSR count). The van der Waals surface area contributed by atoms with Gasteiger partial charge < -0.3 is 41.1 Å². The van der Waals surface area contributed by atoms with E-state index < -0.39 is 48.4 Å². The number of hydrogen-bond donors (Lipinski definition) is 6. The fraction of sp³-hybridized carbons (Fsp3) is 0.471. The second-order valence-corrected chi connectivity index (χ2v) is 12.0. The summed E-state index contributed by atoms with van der Waals surface area (Å²) in [6.07, 6.45) is 4.48. The lowest BCUT2D eigenvalue weighted by molar-refractivity contribution is -0.140. The lowest BCUT2D eigenvalue weighted by atomic mass is 9.94. The van der Waals surface area contributed by atoms with Crippen LogP contribution in [0.3, 0.4) is 0 Å². The van der Waals surface area contributed by atoms with Gasteiger partial charge in [-0.2, -0.15) is 0 Å². The van der Waals surface area contributed by atoms with E-state index in [2.05, 4.69) is 28.2 Å². The second-order valence-electron chi connectivity index (χ2n) is 12.0. The molecule has 2 heterocycles. The molecule has 14 heteroatoms. The first-order valence-electron chi connectivity index (χ1n) is 16.1. The van der Waals surface area contributed by atoms with Crippen molar-refractivity contribution < 1.29 is 43.7 Å². The predicted molar refractivity (Wildman–Crippen MR) is 174 cm³/mol. The van der Waals surface area contributed by atoms with Crippen LogP contribution < -0.4 is 21.3 Å². The van der Waals surface area contributed by atoms with Gasteiger partial charge in [0.1, 0.15) is 29.7 Å². The van der Waals surface area contributed by atoms with E-state index in [-0.39, 0.29) is 72.4 Å². The van der Waals surface area contributed by atoms with E-state index in [9.17, 15) is 39.0 Å². The number of benzene rings is 2. The molecule has 3 unspecified atom stereocenters. The smallest absolute Gasteiger partial charge is 0.247 e. The fourth-order valence-electron chi connectivity index (χ4n) is 5.44. The molecule has 1 fully saturated rings. The van der Waals surface area contributed by atoms with E-state index in [4.69, 9.17) is 4.74 Å². The number of carbonyl (C=O) groups is 6. The van der Waals surface area contributed by atoms with E-state index in [1.807, 2.05) is 0 Å². The van der Waals surface area contributed by atoms with E-state index in [0.29, 0.717) is 12.0 Å². The van der Waals surface area contributed by atoms with Crippen LogP contribution in [0.2, 0.25) is 0 Å². The molecule has 258 valence electrons. The fourth-order valence-corrected chi connectivity index (χ4v) is 5.44. The summed E-state index contributed by atoms with van der Waals surface area (Å²) in [5, 5.41) is 31.8. The van der Waals surface area contributed by atoms with Crippen LogP contribution in [0.25, 0.3) is 11.1 Å². The minimum atomic E-state index is -1.31. The molecule has 48 heavy (non-hydrogen) atoms. The predicted octanol–water partition coefficient (Wildman–Crippen LogP) is 0.982. The van der Waals surface area contributed by atoms with E-state index in [1.54, 1.807) is 6.07 Å². The lowest BCUT2D eigenvalue weighted by Gasteiger charge is -2.29. The molecule has 1 saturated heterocycles. The number of amides is 5. The average Bonchev–Trinajstić information content (AvgIpc) is 3.92. The van der Waals surface area contributed by atoms with Crippen molar-refractivity contribution in [2.45, 2.75) is 70.1 Å². The van der Waals surface area contributed by atoms with Crippen molar-refractivity contribution in [3.63, 3.8) is 0 Å². The van der Waals surface area contributed by atoms with Crippen LogP contribution >= 0.6 is 0 Å². The Labute approximate surface area is 278 Å². The number of ether oxygens (including phenoxy) is 1. The maximum absolute atomic E-state index is 13.6. The third kappa shape index (κ3) is 9.77. The van der Waals surface area contributed by atoms with Gasteiger partial charge in [-0.15, -0.1) is 0 Å². The molecule has 2 aromatic rings. The third-order valence-corrected chi connectivity index (χ3v) is 8.30. The normalized spacial score (nSPS) is 18.8. The van der Waals surface area contributed by atoms with Crippen LogP contribution in [-0.4, -0.2) is 95.9 Å². The van der Waals surface area contributed by atoms with Crippen molar-refractivity contribution in [2.75, 3.05) is 33.3 Å². The summed E-state index contributed by atoms with van der Waals surface area (Å²) in [7, 11) is 1.38. The Hall–Kier alpha value is -4.98. The number of epoxide rings is 1. The second kappa shape index (κ2) is 16.7. The van der Waals surface area contributed by atoms with E-state index in [0.717, 1.165) is 30.6 Å². The molecule has 0 aliphatic carbocycles. The van der Waals surface area contributed by atoms with E-state index in [1.165, 1.54) is 37.4 Å². The van der Waals surface area contributed by atoms with Gasteiger partial charge in [0, 0.05) is 31.0 Å². The molecule has 0 saturated carbocycles. The largest absolute Gasteiger partial charge is 0.507 e. The number of nitrogens with one attached hydrogen (secondary N) is 4. The highest BCUT2D eigenvalue weighted by Gasteiger charge is 2.33. The number of carbonyl (C=O) groups excluding carboxylic acids is 6. The van der Waals surface area contributed by atoms with Crippen LogP contribution in [0, 0.1) is 0 Å². The Morgan fingerprint density at radius 3 is 2.33 bits per heavy atom. The molecule has 0 aromatic heterocycles. The summed E-state index contributed by atoms with van der Waals surface area (Å²) in [4.78, 5) is 78.6. The highest BCUT2D eigenvalue weighted by Crippen LogP contribution is 2.38. The van der Waals surface area contributed by atoms with Crippen LogP contribution in [0.5, 0.6) is 11.5 Å². The van der Waals surface area contributed by atoms with Gasteiger partial charge in [0.15, 0.2) is 5.78 Å². The van der Waals surface area contributed by atoms with Crippen molar-refractivity contribution in [3.8, 4) is 22.6 Å². The number of Topliss-reactive ketones (excluding diaryl/α,β-unsaturated/α-hetero) is 1. The molecule has 6 N–H and O–H groups in total. The Morgan fingerprint density at radius 2 is 1.62 bits per heavy atom. The highest BCUT2D eigenvalue weighted by atomic mass is 16.6. The zero-order valence-corrected chi connectivity index (χ0v) is 27.2. The number of phenolic OH excluding ortho intramolecular Hbond substituents is 2. The maximum Gasteiger partial charge on any atom is 0.247 e. The van der Waals surface area contributed by atoms with Gasteiger partial charge in [-0.25, -0.2) is 0 Å². The zero-order valence-electron chi connectivity index (χ0n) is 27.2. The number of phenols is 2. The van der Waals surface area contributed by atoms with Gasteiger partial charge in [-0.1, -0.05) is 44.7 Å². The number of unbranched alkanes of at least 4 members (excludes halogenated alkanes) is 4. The molecule has 3 atom stereocenters. The summed E-state index contributed by atoms with van der Waals surface area (Å²) in [6, 6.07) is 6.22. The summed E-state index contributed by atoms with van der Waals surface area (Å²) in [6.45, 7) is 1.18. The van der Waals surface area contributed by atoms with Gasteiger partial charge >= 0.3 is 0 Å². The van der Waals surface area contributed by atoms with Crippen molar-refractivity contribution >= 4 is 35.3 Å². The summed E-state index contributed by atoms with van der Waals surface area (Å²) < 4.78 is 4.95. The van der Waals surface area contributed by atoms with Crippen molar-refractivity contribution in [2.24, 2.45) is 0 Å². The van der Waals surface area contributed by atoms with Crippen LogP contribution in [-0.2, 0) is 39.9 Å². The van der Waals surface area contributed by atoms with Gasteiger partial charge in [0.2, 0.25) is 29.5 Å². The summed E-state index contributed by atoms with van der Waals surface area (Å²) in [5.74, 6) is -3.71. The quantitative estimate of drug-likeness (QED) is 0.133. The Morgan fingerprint density at radius 1 is 0.938 bits per heavy atom. The zero-order chi connectivity index (χ0) is 34.8. The standard InChI is InChI=1S/C34H43N5O9/c1-3-4-5-6-7-8-29(43)35-18-31(45)39(2)32-21-10-12-26(41)23(15-21)22-13-20(9-11-25(22)40)14-24(38-30(44)17-37-34(32)47)33(46)36-16-27(42)28-19-48-28/h9-13,15,24,28,32,40-41H,3-8,14,16-19H2,1-2H3,(H,35,43)(H,36,46)(H,37,47)(H,38,44). The molecule has 0 spiro atoms. The number of likely N-dealkylation sites (N-methyl/N-ethyl adjacent to an activating group) is 1. The van der Waals surface area contributed by atoms with Gasteiger partial charge in [-0.3, -0.25) is 28.8 Å². The molecular weight excluding hydrogens is 622 g/mol. The first-order chi connectivity index (χ1) is 23.0. The Balaban J connectivity index is 1.58. The van der Waals surface area contributed by atoms with Crippen molar-refractivity contribution in [1.29, 1.82) is 0 Å². The molecule has 4 bridgehead atoms. The van der Waals surface area contributed by atoms with E-state index >= 15 is 0 Å². The summed E-state index contributed by atoms with van der Waals surface area (Å²) >= 11 is 0. The molecule has 2 aliphatic heterocycles. The number of ketones is 1.